The number of hydrogen-bond donors (Lipinski definition) is 4. The molecule has 264 valence electrons. The molecule has 0 bridgehead atoms. The van der Waals surface area contributed by atoms with Crippen LogP contribution in [0.2, 0.25) is 0 Å². The maximum Gasteiger partial charge on any atom is 0.408 e. The number of rotatable bonds is 14. The van der Waals surface area contributed by atoms with Crippen LogP contribution in [0.4, 0.5) is 4.79 Å². The summed E-state index contributed by atoms with van der Waals surface area (Å²) in [6.45, 7) is 10.5. The highest BCUT2D eigenvalue weighted by Gasteiger charge is 2.38. The van der Waals surface area contributed by atoms with Crippen LogP contribution in [0.3, 0.4) is 0 Å². The first kappa shape index (κ1) is 37.5. The van der Waals surface area contributed by atoms with Gasteiger partial charge in [-0.1, -0.05) is 87.0 Å². The maximum atomic E-state index is 13.9. The van der Waals surface area contributed by atoms with Crippen molar-refractivity contribution in [2.75, 3.05) is 13.1 Å². The second-order valence-electron chi connectivity index (χ2n) is 14.2. The number of aliphatic hydroxyl groups is 1. The molecule has 3 aromatic rings. The normalized spacial score (nSPS) is 19.1. The predicted molar refractivity (Wildman–Crippen MR) is 191 cm³/mol. The zero-order valence-electron chi connectivity index (χ0n) is 29.5. The predicted octanol–water partition coefficient (Wildman–Crippen LogP) is 4.97. The monoisotopic (exact) mass is 671 g/mol. The Bertz CT molecular complexity index is 1470. The van der Waals surface area contributed by atoms with E-state index in [0.717, 1.165) is 12.0 Å². The lowest BCUT2D eigenvalue weighted by molar-refractivity contribution is -0.131. The van der Waals surface area contributed by atoms with Crippen LogP contribution in [0.25, 0.3) is 0 Å². The topological polar surface area (TPSA) is 133 Å². The van der Waals surface area contributed by atoms with Crippen molar-refractivity contribution in [1.29, 1.82) is 0 Å². The van der Waals surface area contributed by atoms with Crippen molar-refractivity contribution in [2.45, 2.75) is 103 Å². The zero-order chi connectivity index (χ0) is 35.4. The number of benzene rings is 2. The average Bonchev–Trinajstić information content (AvgIpc) is 3.09. The lowest BCUT2D eigenvalue weighted by Crippen LogP contribution is -2.59. The van der Waals surface area contributed by atoms with Crippen molar-refractivity contribution in [3.63, 3.8) is 0 Å². The van der Waals surface area contributed by atoms with Gasteiger partial charge in [-0.3, -0.25) is 19.5 Å². The van der Waals surface area contributed by atoms with Crippen LogP contribution < -0.4 is 16.0 Å². The van der Waals surface area contributed by atoms with E-state index >= 15 is 0 Å². The Balaban J connectivity index is 1.51. The molecule has 1 aromatic heterocycles. The Morgan fingerprint density at radius 3 is 2.29 bits per heavy atom. The Labute approximate surface area is 291 Å². The number of piperidine rings is 1. The first-order chi connectivity index (χ1) is 23.4. The van der Waals surface area contributed by atoms with Crippen molar-refractivity contribution >= 4 is 17.9 Å². The second kappa shape index (κ2) is 17.9. The number of aliphatic hydroxyl groups excluding tert-OH is 1. The first-order valence-corrected chi connectivity index (χ1v) is 17.4. The van der Waals surface area contributed by atoms with E-state index in [1.807, 2.05) is 89.2 Å². The third kappa shape index (κ3) is 11.7. The van der Waals surface area contributed by atoms with E-state index in [-0.39, 0.29) is 30.9 Å². The minimum Gasteiger partial charge on any atom is -0.443 e. The van der Waals surface area contributed by atoms with Gasteiger partial charge in [-0.05, 0) is 81.7 Å². The van der Waals surface area contributed by atoms with Crippen LogP contribution in [0.15, 0.2) is 85.1 Å². The Kier molecular flexibility index (Phi) is 13.7. The van der Waals surface area contributed by atoms with Gasteiger partial charge in [-0.2, -0.15) is 0 Å². The van der Waals surface area contributed by atoms with Gasteiger partial charge in [0, 0.05) is 18.3 Å². The summed E-state index contributed by atoms with van der Waals surface area (Å²) in [5.41, 5.74) is 2.32. The van der Waals surface area contributed by atoms with Gasteiger partial charge in [0.1, 0.15) is 12.6 Å². The van der Waals surface area contributed by atoms with Gasteiger partial charge in [0.2, 0.25) is 11.8 Å². The molecule has 1 saturated heterocycles. The number of β-amino-alcohol motifs (C(OH)–C–C–N with tert-alkyl or cyclic N) is 1. The smallest absolute Gasteiger partial charge is 0.408 e. The van der Waals surface area contributed by atoms with Crippen LogP contribution in [0.5, 0.6) is 0 Å². The Morgan fingerprint density at radius 2 is 1.65 bits per heavy atom. The van der Waals surface area contributed by atoms with Gasteiger partial charge < -0.3 is 25.8 Å². The first-order valence-electron chi connectivity index (χ1n) is 17.4. The summed E-state index contributed by atoms with van der Waals surface area (Å²) in [6, 6.07) is 23.2. The molecule has 49 heavy (non-hydrogen) atoms. The molecule has 10 heteroatoms. The number of hydrogen-bond acceptors (Lipinski definition) is 7. The van der Waals surface area contributed by atoms with E-state index < -0.39 is 41.8 Å². The van der Waals surface area contributed by atoms with Crippen LogP contribution in [-0.2, 0) is 27.4 Å². The van der Waals surface area contributed by atoms with Crippen molar-refractivity contribution in [1.82, 2.24) is 25.8 Å². The van der Waals surface area contributed by atoms with E-state index in [1.54, 1.807) is 18.3 Å². The Hall–Kier alpha value is -4.28. The number of carbonyl (C=O) groups excluding carboxylic acids is 3. The van der Waals surface area contributed by atoms with Crippen molar-refractivity contribution in [3.8, 4) is 0 Å². The quantitative estimate of drug-likeness (QED) is 0.190. The number of aromatic nitrogens is 1. The molecule has 2 aromatic carbocycles. The van der Waals surface area contributed by atoms with E-state index in [2.05, 4.69) is 38.0 Å². The highest BCUT2D eigenvalue weighted by Crippen LogP contribution is 2.32. The molecule has 4 rings (SSSR count). The van der Waals surface area contributed by atoms with Crippen molar-refractivity contribution in [2.24, 2.45) is 5.92 Å². The third-order valence-corrected chi connectivity index (χ3v) is 9.14. The fourth-order valence-corrected chi connectivity index (χ4v) is 6.27. The minimum atomic E-state index is -1.00. The van der Waals surface area contributed by atoms with Gasteiger partial charge in [0.05, 0.1) is 23.9 Å². The molecule has 1 aliphatic heterocycles. The zero-order valence-corrected chi connectivity index (χ0v) is 29.5. The molecule has 6 atom stereocenters. The number of nitrogens with zero attached hydrogens (tertiary/aromatic N) is 2. The van der Waals surface area contributed by atoms with E-state index in [9.17, 15) is 19.5 Å². The molecule has 0 unspecified atom stereocenters. The molecule has 1 fully saturated rings. The highest BCUT2D eigenvalue weighted by molar-refractivity contribution is 5.86. The number of nitrogens with one attached hydrogen (secondary N) is 3. The standard InChI is InChI=1S/C39H53N5O5/c1-6-27(2)35(42-38(48)49-26-31-19-13-14-21-40-31)37(47)41-32(23-28-15-9-7-10-16-28)34(45)25-44-22-20-30(29-17-11-8-12-18-29)24-33(44)36(46)43-39(3,4)5/h7-19,21,27,30,32-35,45H,6,20,22-26H2,1-5H3,(H,41,47)(H,42,48)(H,43,46)/t27-,30+,32-,33-,34+,35-/m0/s1. The Morgan fingerprint density at radius 1 is 0.980 bits per heavy atom. The summed E-state index contributed by atoms with van der Waals surface area (Å²) in [6.07, 6.45) is 2.35. The number of pyridine rings is 1. The number of ether oxygens (including phenoxy) is 1. The van der Waals surface area contributed by atoms with E-state index in [4.69, 9.17) is 4.74 Å². The van der Waals surface area contributed by atoms with Gasteiger partial charge in [0.25, 0.3) is 0 Å². The van der Waals surface area contributed by atoms with Gasteiger partial charge >= 0.3 is 6.09 Å². The molecular weight excluding hydrogens is 618 g/mol. The lowest BCUT2D eigenvalue weighted by Gasteiger charge is -2.41. The highest BCUT2D eigenvalue weighted by atomic mass is 16.5. The largest absolute Gasteiger partial charge is 0.443 e. The van der Waals surface area contributed by atoms with Crippen LogP contribution in [-0.4, -0.2) is 75.8 Å². The molecular formula is C39H53N5O5. The molecule has 3 amide bonds. The summed E-state index contributed by atoms with van der Waals surface area (Å²) < 4.78 is 5.37. The van der Waals surface area contributed by atoms with E-state index in [1.165, 1.54) is 5.56 Å². The molecule has 0 spiro atoms. The maximum absolute atomic E-state index is 13.9. The molecule has 0 saturated carbocycles. The summed E-state index contributed by atoms with van der Waals surface area (Å²) in [4.78, 5) is 46.6. The average molecular weight is 672 g/mol. The van der Waals surface area contributed by atoms with Crippen molar-refractivity contribution in [3.05, 3.63) is 102 Å². The van der Waals surface area contributed by atoms with Crippen LogP contribution >= 0.6 is 0 Å². The van der Waals surface area contributed by atoms with Gasteiger partial charge in [0.15, 0.2) is 0 Å². The number of alkyl carbamates (subject to hydrolysis) is 1. The van der Waals surface area contributed by atoms with Gasteiger partial charge in [-0.15, -0.1) is 0 Å². The number of amides is 3. The number of carbonyl (C=O) groups is 3. The summed E-state index contributed by atoms with van der Waals surface area (Å²) >= 11 is 0. The third-order valence-electron chi connectivity index (χ3n) is 9.14. The summed E-state index contributed by atoms with van der Waals surface area (Å²) in [7, 11) is 0. The lowest BCUT2D eigenvalue weighted by atomic mass is 9.84. The minimum absolute atomic E-state index is 0.0260. The molecule has 0 aliphatic carbocycles. The summed E-state index contributed by atoms with van der Waals surface area (Å²) in [5.74, 6) is -0.479. The van der Waals surface area contributed by atoms with Crippen LogP contribution in [0.1, 0.15) is 76.6 Å². The summed E-state index contributed by atoms with van der Waals surface area (Å²) in [5, 5.41) is 20.8. The SMILES string of the molecule is CC[C@H](C)[C@H](NC(=O)OCc1ccccn1)C(=O)N[C@@H](Cc1ccccc1)[C@H](O)CN1CC[C@@H](c2ccccc2)C[C@H]1C(=O)NC(C)(C)C. The van der Waals surface area contributed by atoms with Crippen LogP contribution in [0, 0.1) is 5.92 Å². The van der Waals surface area contributed by atoms with E-state index in [0.29, 0.717) is 31.5 Å². The molecule has 2 heterocycles. The molecule has 1 aliphatic rings. The fraction of sp³-hybridized carbons (Fsp3) is 0.487. The fourth-order valence-electron chi connectivity index (χ4n) is 6.27. The number of likely N-dealkylation sites (tertiary alicyclic amines) is 1. The molecule has 0 radical (unpaired) electrons. The van der Waals surface area contributed by atoms with Gasteiger partial charge in [-0.25, -0.2) is 4.79 Å². The molecule has 10 nitrogen and oxygen atoms in total. The molecule has 4 N–H and O–H groups in total. The van der Waals surface area contributed by atoms with Crippen molar-refractivity contribution < 1.29 is 24.2 Å². The second-order valence-corrected chi connectivity index (χ2v) is 14.2.